The van der Waals surface area contributed by atoms with Crippen molar-refractivity contribution in [2.24, 2.45) is 7.05 Å². The molecule has 0 N–H and O–H groups in total. The molecule has 0 amide bonds. The first kappa shape index (κ1) is 17.3. The number of rotatable bonds is 4. The number of imidazole rings is 1. The summed E-state index contributed by atoms with van der Waals surface area (Å²) in [6.45, 7) is 2.01. The zero-order valence-corrected chi connectivity index (χ0v) is 16.3. The van der Waals surface area contributed by atoms with Gasteiger partial charge in [0.05, 0.1) is 17.1 Å². The Hall–Kier alpha value is -3.80. The van der Waals surface area contributed by atoms with Crippen LogP contribution in [0.2, 0.25) is 0 Å². The molecule has 0 spiro atoms. The summed E-state index contributed by atoms with van der Waals surface area (Å²) in [5.41, 5.74) is 6.80. The van der Waals surface area contributed by atoms with Crippen LogP contribution >= 0.6 is 0 Å². The second-order valence-electron chi connectivity index (χ2n) is 7.09. The largest absolute Gasteiger partial charge is 0.329 e. The first-order valence-corrected chi connectivity index (χ1v) is 9.52. The van der Waals surface area contributed by atoms with Crippen LogP contribution in [0.4, 0.5) is 0 Å². The minimum absolute atomic E-state index is 0.752. The van der Waals surface area contributed by atoms with Crippen molar-refractivity contribution in [2.75, 3.05) is 0 Å². The molecule has 0 aliphatic rings. The molecule has 0 saturated carbocycles. The molecule has 6 heteroatoms. The Morgan fingerprint density at radius 3 is 2.59 bits per heavy atom. The van der Waals surface area contributed by atoms with Crippen LogP contribution in [0.3, 0.4) is 0 Å². The minimum atomic E-state index is 0.752. The van der Waals surface area contributed by atoms with Crippen LogP contribution in [-0.4, -0.2) is 29.1 Å². The Balaban J connectivity index is 1.70. The zero-order valence-electron chi connectivity index (χ0n) is 16.3. The molecular formula is C23H20N6. The first-order valence-electron chi connectivity index (χ1n) is 9.52. The Bertz CT molecular complexity index is 1300. The fourth-order valence-electron chi connectivity index (χ4n) is 3.61. The quantitative estimate of drug-likeness (QED) is 0.471. The van der Waals surface area contributed by atoms with Gasteiger partial charge in [0, 0.05) is 30.9 Å². The average molecular weight is 380 g/mol. The number of hydrogen-bond donors (Lipinski definition) is 0. The Morgan fingerprint density at radius 1 is 0.897 bits per heavy atom. The van der Waals surface area contributed by atoms with Crippen LogP contribution in [0.1, 0.15) is 17.1 Å². The van der Waals surface area contributed by atoms with Crippen molar-refractivity contribution in [1.29, 1.82) is 0 Å². The van der Waals surface area contributed by atoms with E-state index in [0.717, 1.165) is 46.2 Å². The van der Waals surface area contributed by atoms with Crippen LogP contribution < -0.4 is 0 Å². The standard InChI is InChI=1S/C23H20N6/c1-16-7-6-10-19(26-16)23-22(18-11-12-20-24-15-25-29(20)14-18)27-21(28(23)2)13-17-8-4-3-5-9-17/h3-12,14-15H,13H2,1-2H3. The predicted octanol–water partition coefficient (Wildman–Crippen LogP) is 4.09. The second kappa shape index (κ2) is 6.98. The van der Waals surface area contributed by atoms with Crippen molar-refractivity contribution < 1.29 is 0 Å². The number of aryl methyl sites for hydroxylation is 1. The summed E-state index contributed by atoms with van der Waals surface area (Å²) >= 11 is 0. The van der Waals surface area contributed by atoms with Crippen LogP contribution in [0.25, 0.3) is 28.3 Å². The van der Waals surface area contributed by atoms with E-state index < -0.39 is 0 Å². The highest BCUT2D eigenvalue weighted by Gasteiger charge is 2.20. The summed E-state index contributed by atoms with van der Waals surface area (Å²) in [6, 6.07) is 20.5. The number of benzene rings is 1. The Kier molecular flexibility index (Phi) is 4.17. The number of aromatic nitrogens is 6. The SMILES string of the molecule is Cc1cccc(-c2c(-c3ccc4ncnn4c3)nc(Cc3ccccc3)n2C)n1. The maximum absolute atomic E-state index is 5.03. The monoisotopic (exact) mass is 380 g/mol. The van der Waals surface area contributed by atoms with E-state index in [-0.39, 0.29) is 0 Å². The third-order valence-corrected chi connectivity index (χ3v) is 5.07. The topological polar surface area (TPSA) is 60.9 Å². The molecule has 29 heavy (non-hydrogen) atoms. The number of nitrogens with zero attached hydrogens (tertiary/aromatic N) is 6. The van der Waals surface area contributed by atoms with Crippen LogP contribution in [-0.2, 0) is 13.5 Å². The van der Waals surface area contributed by atoms with Crippen molar-refractivity contribution in [1.82, 2.24) is 29.1 Å². The smallest absolute Gasteiger partial charge is 0.155 e. The lowest BCUT2D eigenvalue weighted by Crippen LogP contribution is -2.01. The molecule has 0 aliphatic heterocycles. The van der Waals surface area contributed by atoms with Crippen molar-refractivity contribution >= 4 is 5.65 Å². The Morgan fingerprint density at radius 2 is 1.76 bits per heavy atom. The van der Waals surface area contributed by atoms with E-state index in [2.05, 4.69) is 46.0 Å². The third kappa shape index (κ3) is 3.18. The predicted molar refractivity (Wildman–Crippen MR) is 112 cm³/mol. The first-order chi connectivity index (χ1) is 14.2. The lowest BCUT2D eigenvalue weighted by Gasteiger charge is -2.08. The van der Waals surface area contributed by atoms with Gasteiger partial charge in [-0.15, -0.1) is 0 Å². The molecule has 0 bridgehead atoms. The molecule has 0 radical (unpaired) electrons. The van der Waals surface area contributed by atoms with Crippen molar-refractivity contribution in [3.63, 3.8) is 0 Å². The minimum Gasteiger partial charge on any atom is -0.329 e. The van der Waals surface area contributed by atoms with Gasteiger partial charge in [0.1, 0.15) is 12.2 Å². The van der Waals surface area contributed by atoms with Gasteiger partial charge in [0.2, 0.25) is 0 Å². The van der Waals surface area contributed by atoms with E-state index in [1.807, 2.05) is 49.5 Å². The van der Waals surface area contributed by atoms with Crippen LogP contribution in [0.15, 0.2) is 73.2 Å². The van der Waals surface area contributed by atoms with Gasteiger partial charge < -0.3 is 4.57 Å². The summed E-state index contributed by atoms with van der Waals surface area (Å²) in [6.07, 6.45) is 4.28. The summed E-state index contributed by atoms with van der Waals surface area (Å²) in [5.74, 6) is 0.989. The van der Waals surface area contributed by atoms with Gasteiger partial charge in [0.15, 0.2) is 5.65 Å². The van der Waals surface area contributed by atoms with Gasteiger partial charge in [-0.2, -0.15) is 5.10 Å². The maximum Gasteiger partial charge on any atom is 0.155 e. The average Bonchev–Trinajstić information content (AvgIpc) is 3.33. The highest BCUT2D eigenvalue weighted by atomic mass is 15.3. The molecule has 142 valence electrons. The molecule has 0 aliphatic carbocycles. The van der Waals surface area contributed by atoms with Gasteiger partial charge >= 0.3 is 0 Å². The number of pyridine rings is 2. The van der Waals surface area contributed by atoms with Crippen LogP contribution in [0.5, 0.6) is 0 Å². The fourth-order valence-corrected chi connectivity index (χ4v) is 3.61. The number of fused-ring (bicyclic) bond motifs is 1. The van der Waals surface area contributed by atoms with Crippen molar-refractivity contribution in [2.45, 2.75) is 13.3 Å². The van der Waals surface area contributed by atoms with Gasteiger partial charge in [-0.25, -0.2) is 14.5 Å². The van der Waals surface area contributed by atoms with E-state index in [9.17, 15) is 0 Å². The van der Waals surface area contributed by atoms with Gasteiger partial charge in [-0.3, -0.25) is 4.98 Å². The van der Waals surface area contributed by atoms with E-state index in [1.165, 1.54) is 5.56 Å². The molecule has 6 nitrogen and oxygen atoms in total. The van der Waals surface area contributed by atoms with E-state index in [4.69, 9.17) is 9.97 Å². The Labute approximate surface area is 168 Å². The van der Waals surface area contributed by atoms with Crippen LogP contribution in [0, 0.1) is 6.92 Å². The van der Waals surface area contributed by atoms with Gasteiger partial charge in [-0.05, 0) is 36.8 Å². The molecule has 0 saturated heterocycles. The molecule has 0 fully saturated rings. The number of hydrogen-bond acceptors (Lipinski definition) is 4. The molecular weight excluding hydrogens is 360 g/mol. The molecule has 5 rings (SSSR count). The normalized spacial score (nSPS) is 11.2. The molecule has 5 aromatic rings. The van der Waals surface area contributed by atoms with E-state index in [1.54, 1.807) is 10.8 Å². The van der Waals surface area contributed by atoms with Gasteiger partial charge in [0.25, 0.3) is 0 Å². The highest BCUT2D eigenvalue weighted by molar-refractivity contribution is 5.77. The summed E-state index contributed by atoms with van der Waals surface area (Å²) in [4.78, 5) is 14.0. The lowest BCUT2D eigenvalue weighted by atomic mass is 10.1. The molecule has 4 heterocycles. The van der Waals surface area contributed by atoms with Gasteiger partial charge in [-0.1, -0.05) is 36.4 Å². The third-order valence-electron chi connectivity index (χ3n) is 5.07. The summed E-state index contributed by atoms with van der Waals surface area (Å²) in [5, 5.41) is 4.27. The summed E-state index contributed by atoms with van der Waals surface area (Å²) < 4.78 is 3.92. The van der Waals surface area contributed by atoms with E-state index in [0.29, 0.717) is 0 Å². The molecule has 0 atom stereocenters. The lowest BCUT2D eigenvalue weighted by molar-refractivity contribution is 0.825. The highest BCUT2D eigenvalue weighted by Crippen LogP contribution is 2.32. The summed E-state index contributed by atoms with van der Waals surface area (Å²) in [7, 11) is 2.06. The van der Waals surface area contributed by atoms with Crippen molar-refractivity contribution in [3.8, 4) is 22.6 Å². The maximum atomic E-state index is 5.03. The van der Waals surface area contributed by atoms with Crippen molar-refractivity contribution in [3.05, 3.63) is 90.3 Å². The molecule has 0 unspecified atom stereocenters. The molecule has 1 aromatic carbocycles. The fraction of sp³-hybridized carbons (Fsp3) is 0.130. The molecule has 4 aromatic heterocycles. The zero-order chi connectivity index (χ0) is 19.8. The van der Waals surface area contributed by atoms with E-state index >= 15 is 0 Å². The second-order valence-corrected chi connectivity index (χ2v) is 7.09.